The van der Waals surface area contributed by atoms with Crippen molar-refractivity contribution in [2.45, 2.75) is 26.1 Å². The maximum Gasteiger partial charge on any atom is 0.133 e. The number of aromatic nitrogens is 1. The first kappa shape index (κ1) is 23.5. The molecule has 3 rings (SSSR count). The van der Waals surface area contributed by atoms with E-state index in [9.17, 15) is 0 Å². The zero-order valence-electron chi connectivity index (χ0n) is 18.0. The summed E-state index contributed by atoms with van der Waals surface area (Å²) in [5, 5.41) is 3.33. The lowest BCUT2D eigenvalue weighted by Crippen LogP contribution is -2.26. The fourth-order valence-corrected chi connectivity index (χ4v) is 3.28. The van der Waals surface area contributed by atoms with Gasteiger partial charge in [-0.1, -0.05) is 30.3 Å². The number of rotatable bonds is 9. The second-order valence-electron chi connectivity index (χ2n) is 6.98. The third-order valence-electron chi connectivity index (χ3n) is 5.08. The van der Waals surface area contributed by atoms with E-state index in [1.165, 1.54) is 16.7 Å². The van der Waals surface area contributed by atoms with E-state index in [1.807, 2.05) is 43.6 Å². The highest BCUT2D eigenvalue weighted by molar-refractivity contribution is 5.85. The number of pyridine rings is 1. The Morgan fingerprint density at radius 2 is 1.37 bits per heavy atom. The molecule has 0 aliphatic heterocycles. The number of hydrogen-bond donors (Lipinski definition) is 1. The van der Waals surface area contributed by atoms with E-state index >= 15 is 0 Å². The van der Waals surface area contributed by atoms with E-state index < -0.39 is 0 Å². The van der Waals surface area contributed by atoms with E-state index in [4.69, 9.17) is 14.5 Å². The van der Waals surface area contributed by atoms with Crippen molar-refractivity contribution in [2.24, 2.45) is 0 Å². The quantitative estimate of drug-likeness (QED) is 0.520. The molecular weight excluding hydrogens is 398 g/mol. The van der Waals surface area contributed by atoms with E-state index in [0.717, 1.165) is 30.4 Å². The molecule has 0 bridgehead atoms. The number of benzene rings is 2. The van der Waals surface area contributed by atoms with Gasteiger partial charge in [0, 0.05) is 30.9 Å². The van der Waals surface area contributed by atoms with Crippen molar-refractivity contribution < 1.29 is 9.47 Å². The van der Waals surface area contributed by atoms with Crippen molar-refractivity contribution >= 4 is 18.2 Å². The molecule has 0 radical (unpaired) electrons. The van der Waals surface area contributed by atoms with Gasteiger partial charge >= 0.3 is 0 Å². The Hall–Kier alpha value is -2.76. The molecule has 1 N–H and O–H groups in total. The highest BCUT2D eigenvalue weighted by Crippen LogP contribution is 2.27. The van der Waals surface area contributed by atoms with Gasteiger partial charge in [-0.25, -0.2) is 4.98 Å². The molecule has 0 aliphatic rings. The van der Waals surface area contributed by atoms with Gasteiger partial charge in [0.2, 0.25) is 0 Å². The fraction of sp³-hybridized carbons (Fsp3) is 0.292. The minimum absolute atomic E-state index is 0. The summed E-state index contributed by atoms with van der Waals surface area (Å²) in [6.45, 7) is 3.65. The summed E-state index contributed by atoms with van der Waals surface area (Å²) in [6.07, 6.45) is 1.86. The monoisotopic (exact) mass is 427 g/mol. The van der Waals surface area contributed by atoms with Crippen molar-refractivity contribution in [3.8, 4) is 11.5 Å². The second-order valence-corrected chi connectivity index (χ2v) is 6.98. The number of nitrogens with zero attached hydrogens (tertiary/aromatic N) is 2. The molecule has 0 aliphatic carbocycles. The third kappa shape index (κ3) is 5.88. The first-order valence-corrected chi connectivity index (χ1v) is 9.77. The summed E-state index contributed by atoms with van der Waals surface area (Å²) in [6, 6.07) is 20.7. The smallest absolute Gasteiger partial charge is 0.133 e. The van der Waals surface area contributed by atoms with Crippen LogP contribution in [0.2, 0.25) is 0 Å². The van der Waals surface area contributed by atoms with Crippen LogP contribution in [-0.2, 0) is 13.1 Å². The summed E-state index contributed by atoms with van der Waals surface area (Å²) in [5.74, 6) is 2.71. The number of ether oxygens (including phenoxy) is 2. The zero-order chi connectivity index (χ0) is 20.6. The fourth-order valence-electron chi connectivity index (χ4n) is 3.28. The average Bonchev–Trinajstić information content (AvgIpc) is 2.79. The summed E-state index contributed by atoms with van der Waals surface area (Å²) in [4.78, 5) is 7.06. The Kier molecular flexibility index (Phi) is 8.96. The predicted molar refractivity (Wildman–Crippen MR) is 125 cm³/mol. The number of anilines is 1. The topological polar surface area (TPSA) is 46.6 Å². The van der Waals surface area contributed by atoms with Gasteiger partial charge in [-0.3, -0.25) is 0 Å². The lowest BCUT2D eigenvalue weighted by Gasteiger charge is -2.28. The van der Waals surface area contributed by atoms with Gasteiger partial charge in [0.05, 0.1) is 14.2 Å². The maximum atomic E-state index is 5.30. The molecule has 5 nitrogen and oxygen atoms in total. The van der Waals surface area contributed by atoms with Gasteiger partial charge in [-0.05, 0) is 55.4 Å². The van der Waals surface area contributed by atoms with Gasteiger partial charge in [-0.15, -0.1) is 12.4 Å². The SMILES string of the molecule is CN[C@@H](C)c1cccnc1N(Cc1ccc(OC)cc1)Cc1ccc(OC)cc1.Cl. The molecule has 30 heavy (non-hydrogen) atoms. The van der Waals surface area contributed by atoms with E-state index in [2.05, 4.69) is 47.5 Å². The van der Waals surface area contributed by atoms with Gasteiger partial charge < -0.3 is 19.7 Å². The molecule has 0 amide bonds. The molecule has 0 spiro atoms. The standard InChI is InChI=1S/C24H29N3O2.ClH/c1-18(25-2)23-6-5-15-26-24(23)27(16-19-7-11-21(28-3)12-8-19)17-20-9-13-22(29-4)14-10-20;/h5-15,18,25H,16-17H2,1-4H3;1H/t18-;/m0./s1. The molecule has 0 saturated carbocycles. The average molecular weight is 428 g/mol. The zero-order valence-corrected chi connectivity index (χ0v) is 18.8. The van der Waals surface area contributed by atoms with E-state index in [-0.39, 0.29) is 18.4 Å². The molecular formula is C24H30ClN3O2. The van der Waals surface area contributed by atoms with Crippen molar-refractivity contribution in [3.63, 3.8) is 0 Å². The van der Waals surface area contributed by atoms with Crippen molar-refractivity contribution in [3.05, 3.63) is 83.6 Å². The summed E-state index contributed by atoms with van der Waals surface area (Å²) >= 11 is 0. The Morgan fingerprint density at radius 3 is 1.80 bits per heavy atom. The van der Waals surface area contributed by atoms with Gasteiger partial charge in [0.15, 0.2) is 0 Å². The van der Waals surface area contributed by atoms with Crippen LogP contribution in [0.4, 0.5) is 5.82 Å². The normalized spacial score (nSPS) is 11.3. The Bertz CT molecular complexity index is 852. The van der Waals surface area contributed by atoms with Crippen LogP contribution in [0.15, 0.2) is 66.9 Å². The molecule has 0 saturated heterocycles. The number of hydrogen-bond acceptors (Lipinski definition) is 5. The Balaban J connectivity index is 0.00000320. The highest BCUT2D eigenvalue weighted by Gasteiger charge is 2.17. The van der Waals surface area contributed by atoms with Crippen LogP contribution in [0.1, 0.15) is 29.7 Å². The predicted octanol–water partition coefficient (Wildman–Crippen LogP) is 5.01. The number of halogens is 1. The Labute approximate surface area is 185 Å². The number of nitrogens with one attached hydrogen (secondary N) is 1. The van der Waals surface area contributed by atoms with Crippen molar-refractivity contribution in [1.29, 1.82) is 0 Å². The second kappa shape index (κ2) is 11.4. The Morgan fingerprint density at radius 1 is 0.867 bits per heavy atom. The summed E-state index contributed by atoms with van der Waals surface area (Å²) in [7, 11) is 5.34. The van der Waals surface area contributed by atoms with Crippen LogP contribution in [0, 0.1) is 0 Å². The first-order chi connectivity index (χ1) is 14.1. The number of methoxy groups -OCH3 is 2. The molecule has 2 aromatic carbocycles. The summed E-state index contributed by atoms with van der Waals surface area (Å²) < 4.78 is 10.6. The minimum Gasteiger partial charge on any atom is -0.497 e. The summed E-state index contributed by atoms with van der Waals surface area (Å²) in [5.41, 5.74) is 3.58. The van der Waals surface area contributed by atoms with Crippen LogP contribution >= 0.6 is 12.4 Å². The molecule has 0 fully saturated rings. The van der Waals surface area contributed by atoms with Crippen LogP contribution < -0.4 is 19.7 Å². The van der Waals surface area contributed by atoms with Crippen LogP contribution in [-0.4, -0.2) is 26.3 Å². The van der Waals surface area contributed by atoms with Gasteiger partial charge in [-0.2, -0.15) is 0 Å². The molecule has 0 unspecified atom stereocenters. The van der Waals surface area contributed by atoms with E-state index in [1.54, 1.807) is 14.2 Å². The largest absolute Gasteiger partial charge is 0.497 e. The van der Waals surface area contributed by atoms with Crippen LogP contribution in [0.25, 0.3) is 0 Å². The van der Waals surface area contributed by atoms with Gasteiger partial charge in [0.25, 0.3) is 0 Å². The lowest BCUT2D eigenvalue weighted by molar-refractivity contribution is 0.414. The molecule has 160 valence electrons. The molecule has 1 heterocycles. The van der Waals surface area contributed by atoms with Crippen LogP contribution in [0.5, 0.6) is 11.5 Å². The highest BCUT2D eigenvalue weighted by atomic mass is 35.5. The maximum absolute atomic E-state index is 5.30. The van der Waals surface area contributed by atoms with Gasteiger partial charge in [0.1, 0.15) is 17.3 Å². The van der Waals surface area contributed by atoms with Crippen molar-refractivity contribution in [2.75, 3.05) is 26.2 Å². The molecule has 1 atom stereocenters. The van der Waals surface area contributed by atoms with E-state index in [0.29, 0.717) is 0 Å². The first-order valence-electron chi connectivity index (χ1n) is 9.77. The molecule has 3 aromatic rings. The minimum atomic E-state index is 0. The molecule has 1 aromatic heterocycles. The van der Waals surface area contributed by atoms with Crippen molar-refractivity contribution in [1.82, 2.24) is 10.3 Å². The molecule has 6 heteroatoms. The third-order valence-corrected chi connectivity index (χ3v) is 5.08. The van der Waals surface area contributed by atoms with Crippen LogP contribution in [0.3, 0.4) is 0 Å². The lowest BCUT2D eigenvalue weighted by atomic mass is 10.1.